The number of aliphatic hydroxyl groups is 2. The van der Waals surface area contributed by atoms with Crippen LogP contribution in [0.25, 0.3) is 0 Å². The van der Waals surface area contributed by atoms with Crippen molar-refractivity contribution < 1.29 is 34.1 Å². The van der Waals surface area contributed by atoms with E-state index in [0.29, 0.717) is 38.3 Å². The van der Waals surface area contributed by atoms with Crippen LogP contribution in [-0.4, -0.2) is 65.2 Å². The van der Waals surface area contributed by atoms with E-state index in [9.17, 15) is 15.0 Å². The van der Waals surface area contributed by atoms with Gasteiger partial charge in [0, 0.05) is 37.7 Å². The Hall–Kier alpha value is -3.31. The van der Waals surface area contributed by atoms with E-state index in [1.165, 1.54) is 51.4 Å². The third-order valence-corrected chi connectivity index (χ3v) is 13.5. The Labute approximate surface area is 358 Å². The topological polar surface area (TPSA) is 119 Å². The number of thioether (sulfide) groups is 1. The van der Waals surface area contributed by atoms with E-state index in [4.69, 9.17) is 24.2 Å². The molecule has 0 saturated heterocycles. The molecular formula is C49H72N2O7S. The van der Waals surface area contributed by atoms with Crippen molar-refractivity contribution in [3.63, 3.8) is 0 Å². The van der Waals surface area contributed by atoms with Crippen molar-refractivity contribution >= 4 is 23.6 Å². The summed E-state index contributed by atoms with van der Waals surface area (Å²) in [4.78, 5) is 19.3. The van der Waals surface area contributed by atoms with E-state index < -0.39 is 11.9 Å². The highest BCUT2D eigenvalue weighted by Crippen LogP contribution is 2.62. The van der Waals surface area contributed by atoms with Crippen LogP contribution in [0.1, 0.15) is 140 Å². The van der Waals surface area contributed by atoms with E-state index in [1.54, 1.807) is 6.08 Å². The van der Waals surface area contributed by atoms with Crippen LogP contribution in [0.15, 0.2) is 78.0 Å². The number of amides is 1. The monoisotopic (exact) mass is 833 g/mol. The molecule has 0 bridgehead atoms. The number of oxime groups is 1. The minimum absolute atomic E-state index is 0.0702. The van der Waals surface area contributed by atoms with Crippen molar-refractivity contribution in [1.82, 2.24) is 5.32 Å². The molecule has 0 unspecified atom stereocenters. The van der Waals surface area contributed by atoms with Crippen molar-refractivity contribution in [2.75, 3.05) is 32.1 Å². The summed E-state index contributed by atoms with van der Waals surface area (Å²) in [5.74, 6) is 1.09. The lowest BCUT2D eigenvalue weighted by Gasteiger charge is -2.58. The van der Waals surface area contributed by atoms with Gasteiger partial charge in [0.05, 0.1) is 23.5 Å². The Balaban J connectivity index is 1.44. The number of hydrogen-bond donors (Lipinski definition) is 3. The van der Waals surface area contributed by atoms with Gasteiger partial charge in [-0.3, -0.25) is 0 Å². The average molecular weight is 833 g/mol. The smallest absolute Gasteiger partial charge is 0.412 e. The van der Waals surface area contributed by atoms with Crippen molar-refractivity contribution in [2.24, 2.45) is 22.9 Å². The zero-order valence-electron chi connectivity index (χ0n) is 35.9. The fourth-order valence-corrected chi connectivity index (χ4v) is 10.6. The van der Waals surface area contributed by atoms with E-state index in [2.05, 4.69) is 31.8 Å². The van der Waals surface area contributed by atoms with E-state index in [1.807, 2.05) is 60.3 Å². The molecule has 3 N–H and O–H groups in total. The Morgan fingerprint density at radius 3 is 2.34 bits per heavy atom. The molecule has 1 amide bonds. The summed E-state index contributed by atoms with van der Waals surface area (Å²) >= 11 is 1.82. The van der Waals surface area contributed by atoms with Crippen molar-refractivity contribution in [1.29, 1.82) is 0 Å². The number of rotatable bonds is 28. The van der Waals surface area contributed by atoms with Crippen molar-refractivity contribution in [3.05, 3.63) is 84.0 Å². The minimum Gasteiger partial charge on any atom is -0.460 e. The number of carbonyl (C=O) groups is 1. The molecule has 2 aromatic rings. The lowest BCUT2D eigenvalue weighted by molar-refractivity contribution is -0.223. The fraction of sp³-hybridized carbons (Fsp3) is 0.633. The molecule has 6 atom stereocenters. The van der Waals surface area contributed by atoms with Gasteiger partial charge in [0.15, 0.2) is 0 Å². The highest BCUT2D eigenvalue weighted by Gasteiger charge is 2.63. The molecule has 3 aliphatic rings. The highest BCUT2D eigenvalue weighted by molar-refractivity contribution is 8.00. The van der Waals surface area contributed by atoms with Gasteiger partial charge in [-0.1, -0.05) is 132 Å². The average Bonchev–Trinajstić information content (AvgIpc) is 3.24. The SMILES string of the molecule is C=CCO[C@@]12Oc3ccc(OC(=O)NCCCCCCCCCCCC)cc3[C@H]3[C@H](CCCCO)[C@@H](CCCCO)C=C(C(=NOCc4ccccc4)C[C@@H]1SCC)[C@H]32. The highest BCUT2D eigenvalue weighted by atomic mass is 32.2. The summed E-state index contributed by atoms with van der Waals surface area (Å²) in [6.45, 7) is 9.99. The van der Waals surface area contributed by atoms with Crippen LogP contribution in [0, 0.1) is 17.8 Å². The van der Waals surface area contributed by atoms with Crippen LogP contribution in [0.3, 0.4) is 0 Å². The summed E-state index contributed by atoms with van der Waals surface area (Å²) in [5, 5.41) is 27.5. The van der Waals surface area contributed by atoms with Gasteiger partial charge >= 0.3 is 6.09 Å². The van der Waals surface area contributed by atoms with Gasteiger partial charge in [0.25, 0.3) is 0 Å². The maximum Gasteiger partial charge on any atom is 0.412 e. The van der Waals surface area contributed by atoms with Crippen molar-refractivity contribution in [2.45, 2.75) is 147 Å². The zero-order chi connectivity index (χ0) is 41.7. The first-order valence-electron chi connectivity index (χ1n) is 22.8. The Morgan fingerprint density at radius 1 is 0.932 bits per heavy atom. The van der Waals surface area contributed by atoms with Gasteiger partial charge in [0.2, 0.25) is 5.79 Å². The second kappa shape index (κ2) is 25.5. The quantitative estimate of drug-likeness (QED) is 0.0441. The second-order valence-corrected chi connectivity index (χ2v) is 17.9. The number of fused-ring (bicyclic) bond motifs is 2. The molecule has 1 saturated carbocycles. The summed E-state index contributed by atoms with van der Waals surface area (Å²) in [6, 6.07) is 15.9. The van der Waals surface area contributed by atoms with Gasteiger partial charge in [-0.2, -0.15) is 11.8 Å². The molecule has 9 nitrogen and oxygen atoms in total. The van der Waals surface area contributed by atoms with Crippen LogP contribution in [0.2, 0.25) is 0 Å². The minimum atomic E-state index is -1.02. The Kier molecular flexibility index (Phi) is 20.2. The summed E-state index contributed by atoms with van der Waals surface area (Å²) in [6.07, 6.45) is 21.7. The number of ether oxygens (including phenoxy) is 3. The van der Waals surface area contributed by atoms with Gasteiger partial charge in [-0.25, -0.2) is 4.79 Å². The largest absolute Gasteiger partial charge is 0.460 e. The van der Waals surface area contributed by atoms with Crippen LogP contribution in [-0.2, 0) is 16.2 Å². The Morgan fingerprint density at radius 2 is 1.64 bits per heavy atom. The van der Waals surface area contributed by atoms with Crippen molar-refractivity contribution in [3.8, 4) is 11.5 Å². The van der Waals surface area contributed by atoms with Gasteiger partial charge in [0.1, 0.15) is 18.1 Å². The Bertz CT molecular complexity index is 1620. The zero-order valence-corrected chi connectivity index (χ0v) is 36.7. The van der Waals surface area contributed by atoms with Crippen LogP contribution < -0.4 is 14.8 Å². The molecular weight excluding hydrogens is 761 g/mol. The number of hydrogen-bond acceptors (Lipinski definition) is 9. The molecule has 2 aromatic carbocycles. The number of benzene rings is 2. The van der Waals surface area contributed by atoms with E-state index in [-0.39, 0.29) is 42.1 Å². The summed E-state index contributed by atoms with van der Waals surface area (Å²) in [7, 11) is 0. The van der Waals surface area contributed by atoms with Gasteiger partial charge < -0.3 is 34.6 Å². The number of nitrogens with zero attached hydrogens (tertiary/aromatic N) is 1. The molecule has 5 rings (SSSR count). The maximum atomic E-state index is 13.2. The predicted octanol–water partition coefficient (Wildman–Crippen LogP) is 11.3. The molecule has 1 fully saturated rings. The summed E-state index contributed by atoms with van der Waals surface area (Å²) < 4.78 is 20.1. The molecule has 0 spiro atoms. The lowest BCUT2D eigenvalue weighted by Crippen LogP contribution is -2.64. The van der Waals surface area contributed by atoms with E-state index >= 15 is 0 Å². The number of nitrogens with one attached hydrogen (secondary N) is 1. The third kappa shape index (κ3) is 13.1. The normalized spacial score (nSPS) is 23.8. The first kappa shape index (κ1) is 46.8. The molecule has 2 aliphatic carbocycles. The molecule has 59 heavy (non-hydrogen) atoms. The maximum absolute atomic E-state index is 13.2. The predicted molar refractivity (Wildman–Crippen MR) is 240 cm³/mol. The molecule has 1 heterocycles. The fourth-order valence-electron chi connectivity index (χ4n) is 9.45. The molecule has 326 valence electrons. The van der Waals surface area contributed by atoms with Crippen LogP contribution in [0.4, 0.5) is 4.79 Å². The third-order valence-electron chi connectivity index (χ3n) is 12.2. The van der Waals surface area contributed by atoms with E-state index in [0.717, 1.165) is 78.9 Å². The van der Waals surface area contributed by atoms with Gasteiger partial charge in [-0.15, -0.1) is 6.58 Å². The number of unbranched alkanes of at least 4 members (excludes halogenated alkanes) is 11. The lowest BCUT2D eigenvalue weighted by atomic mass is 9.56. The standard InChI is InChI=1S/C49H72N2O7S/c1-4-7-8-9-10-11-12-13-14-20-29-50-48(54)57-39-27-28-44-42(34-39)46-40(26-19-22-31-53)38(25-18-21-30-52)33-41-43(51-56-36-37-23-16-15-17-24-37)35-45(59-6-3)49(58-44,47(41)46)55-32-5-2/h5,15-17,23-24,27-28,33-34,38,40,45-47,52-53H,2,4,6-14,18-22,25-26,29-32,35-36H2,1,3H3,(H,50,54)/t38-,40+,45-,46+,47+,49+/m0/s1. The van der Waals surface area contributed by atoms with Gasteiger partial charge in [-0.05, 0) is 79.0 Å². The number of aliphatic hydroxyl groups excluding tert-OH is 2. The molecule has 10 heteroatoms. The number of carbonyl (C=O) groups excluding carboxylic acids is 1. The first-order valence-corrected chi connectivity index (χ1v) is 23.9. The second-order valence-electron chi connectivity index (χ2n) is 16.5. The van der Waals surface area contributed by atoms with Crippen LogP contribution in [0.5, 0.6) is 11.5 Å². The van der Waals surface area contributed by atoms with Crippen LogP contribution >= 0.6 is 11.8 Å². The first-order chi connectivity index (χ1) is 29.0. The molecule has 1 aliphatic heterocycles. The molecule has 0 radical (unpaired) electrons. The number of allylic oxidation sites excluding steroid dienone is 1. The summed E-state index contributed by atoms with van der Waals surface area (Å²) in [5.41, 5.74) is 4.03. The molecule has 0 aromatic heterocycles.